The predicted octanol–water partition coefficient (Wildman–Crippen LogP) is 1.54. The van der Waals surface area contributed by atoms with Crippen molar-refractivity contribution in [3.05, 3.63) is 29.6 Å². The molecule has 2 amide bonds. The van der Waals surface area contributed by atoms with Crippen LogP contribution in [0.4, 0.5) is 15.7 Å². The van der Waals surface area contributed by atoms with E-state index in [9.17, 15) is 27.9 Å². The number of sulfone groups is 1. The number of aromatic nitrogens is 6. The van der Waals surface area contributed by atoms with Crippen molar-refractivity contribution in [3.8, 4) is 0 Å². The number of amides is 2. The molecular formula is C19H20N8O6S2. The highest BCUT2D eigenvalue weighted by molar-refractivity contribution is 7.93. The predicted molar refractivity (Wildman–Crippen MR) is 121 cm³/mol. The number of aryl methyl sites for hydroxylation is 1. The summed E-state index contributed by atoms with van der Waals surface area (Å²) in [6.07, 6.45) is 4.22. The number of anilines is 2. The van der Waals surface area contributed by atoms with Gasteiger partial charge in [0.1, 0.15) is 5.82 Å². The van der Waals surface area contributed by atoms with E-state index in [0.29, 0.717) is 11.3 Å². The van der Waals surface area contributed by atoms with Crippen LogP contribution in [0.1, 0.15) is 41.7 Å². The van der Waals surface area contributed by atoms with E-state index in [2.05, 4.69) is 36.1 Å². The Balaban J connectivity index is 1.57. The number of rotatable bonds is 8. The largest absolute Gasteiger partial charge is 0.481 e. The number of carbonyl (C=O) groups excluding carboxylic acids is 2. The number of hydrogen-bond donors (Lipinski definition) is 3. The van der Waals surface area contributed by atoms with Crippen molar-refractivity contribution in [1.29, 1.82) is 0 Å². The minimum atomic E-state index is -4.31. The summed E-state index contributed by atoms with van der Waals surface area (Å²) < 4.78 is 26.5. The lowest BCUT2D eigenvalue weighted by Crippen LogP contribution is -2.23. The van der Waals surface area contributed by atoms with Crippen molar-refractivity contribution < 1.29 is 27.9 Å². The monoisotopic (exact) mass is 520 g/mol. The molecule has 3 N–H and O–H groups in total. The van der Waals surface area contributed by atoms with Gasteiger partial charge in [-0.2, -0.15) is 0 Å². The normalized spacial score (nSPS) is 14.1. The van der Waals surface area contributed by atoms with Gasteiger partial charge in [-0.3, -0.25) is 20.2 Å². The molecule has 3 aromatic rings. The van der Waals surface area contributed by atoms with Gasteiger partial charge in [-0.05, 0) is 35.4 Å². The summed E-state index contributed by atoms with van der Waals surface area (Å²) in [7, 11) is -3.00. The quantitative estimate of drug-likeness (QED) is 0.364. The van der Waals surface area contributed by atoms with Gasteiger partial charge in [0, 0.05) is 19.2 Å². The van der Waals surface area contributed by atoms with E-state index in [-0.39, 0.29) is 33.9 Å². The van der Waals surface area contributed by atoms with Gasteiger partial charge in [0.2, 0.25) is 0 Å². The Morgan fingerprint density at radius 2 is 1.97 bits per heavy atom. The first kappa shape index (κ1) is 24.3. The maximum absolute atomic E-state index is 13.0. The first-order chi connectivity index (χ1) is 16.7. The average Bonchev–Trinajstić information content (AvgIpc) is 3.55. The van der Waals surface area contributed by atoms with Crippen LogP contribution in [0.15, 0.2) is 27.7 Å². The Bertz CT molecular complexity index is 1390. The Morgan fingerprint density at radius 3 is 2.63 bits per heavy atom. The van der Waals surface area contributed by atoms with Crippen LogP contribution in [0.5, 0.6) is 0 Å². The fourth-order valence-corrected chi connectivity index (χ4v) is 6.47. The molecular weight excluding hydrogens is 500 g/mol. The summed E-state index contributed by atoms with van der Waals surface area (Å²) in [5.74, 6) is -1.48. The zero-order valence-corrected chi connectivity index (χ0v) is 20.0. The number of nitrogens with one attached hydrogen (secondary N) is 2. The molecule has 35 heavy (non-hydrogen) atoms. The van der Waals surface area contributed by atoms with E-state index in [0.717, 1.165) is 30.4 Å². The van der Waals surface area contributed by atoms with Crippen LogP contribution >= 0.6 is 11.3 Å². The lowest BCUT2D eigenvalue weighted by molar-refractivity contribution is -0.136. The third kappa shape index (κ3) is 5.17. The molecule has 1 fully saturated rings. The van der Waals surface area contributed by atoms with Crippen molar-refractivity contribution in [2.75, 3.05) is 10.6 Å². The molecule has 0 saturated heterocycles. The van der Waals surface area contributed by atoms with E-state index in [1.54, 1.807) is 12.1 Å². The minimum Gasteiger partial charge on any atom is -0.481 e. The van der Waals surface area contributed by atoms with E-state index in [1.807, 2.05) is 0 Å². The summed E-state index contributed by atoms with van der Waals surface area (Å²) >= 11 is 0.555. The molecule has 0 aliphatic heterocycles. The number of thiazole rings is 1. The van der Waals surface area contributed by atoms with Crippen LogP contribution in [0.25, 0.3) is 0 Å². The van der Waals surface area contributed by atoms with Crippen molar-refractivity contribution in [2.45, 2.75) is 41.5 Å². The van der Waals surface area contributed by atoms with E-state index >= 15 is 0 Å². The van der Waals surface area contributed by atoms with Gasteiger partial charge >= 0.3 is 12.0 Å². The minimum absolute atomic E-state index is 0.0576. The van der Waals surface area contributed by atoms with Crippen molar-refractivity contribution in [1.82, 2.24) is 30.2 Å². The summed E-state index contributed by atoms with van der Waals surface area (Å²) in [5.41, 5.74) is -0.00552. The van der Waals surface area contributed by atoms with Crippen LogP contribution in [-0.2, 0) is 28.1 Å². The van der Waals surface area contributed by atoms with Crippen molar-refractivity contribution in [3.63, 3.8) is 0 Å². The fraction of sp³-hybridized carbons (Fsp3) is 0.368. The summed E-state index contributed by atoms with van der Waals surface area (Å²) in [4.78, 5) is 44.8. The van der Waals surface area contributed by atoms with Crippen LogP contribution in [0.2, 0.25) is 0 Å². The van der Waals surface area contributed by atoms with E-state index in [1.165, 1.54) is 13.2 Å². The molecule has 16 heteroatoms. The molecule has 3 aromatic heterocycles. The van der Waals surface area contributed by atoms with Crippen molar-refractivity contribution >= 4 is 49.9 Å². The van der Waals surface area contributed by atoms with Crippen LogP contribution in [0.3, 0.4) is 0 Å². The zero-order chi connectivity index (χ0) is 25.2. The van der Waals surface area contributed by atoms with Gasteiger partial charge in [0.25, 0.3) is 15.0 Å². The molecule has 1 saturated carbocycles. The molecule has 0 unspecified atom stereocenters. The number of pyridine rings is 1. The highest BCUT2D eigenvalue weighted by Crippen LogP contribution is 2.32. The fourth-order valence-electron chi connectivity index (χ4n) is 3.74. The summed E-state index contributed by atoms with van der Waals surface area (Å²) in [6.45, 7) is 0. The maximum Gasteiger partial charge on any atom is 0.326 e. The number of carbonyl (C=O) groups is 3. The molecule has 1 aliphatic carbocycles. The SMILES string of the molecule is Cn1nnnc1S(=O)(=O)c1sc(NC(=O)Nc2ncccc2C(=O)C2CCCC2)nc1CC(=O)O. The lowest BCUT2D eigenvalue weighted by atomic mass is 9.97. The van der Waals surface area contributed by atoms with Gasteiger partial charge in [0.15, 0.2) is 15.1 Å². The first-order valence-corrected chi connectivity index (χ1v) is 12.7. The Morgan fingerprint density at radius 1 is 1.23 bits per heavy atom. The number of hydrogen-bond acceptors (Lipinski definition) is 11. The standard InChI is InChI=1S/C19H20N8O6S2/c1-27-19(24-25-26-27)35(32,33)16-12(9-13(28)29)21-18(34-16)23-17(31)22-15-11(7-4-8-20-15)14(30)10-5-2-3-6-10/h4,7-8,10H,2-3,5-6,9H2,1H3,(H,28,29)(H2,20,21,22,23,31). The van der Waals surface area contributed by atoms with Crippen LogP contribution in [0, 0.1) is 5.92 Å². The van der Waals surface area contributed by atoms with Gasteiger partial charge in [-0.1, -0.05) is 29.3 Å². The van der Waals surface area contributed by atoms with Gasteiger partial charge in [0.05, 0.1) is 17.7 Å². The summed E-state index contributed by atoms with van der Waals surface area (Å²) in [6, 6.07) is 2.35. The molecule has 0 aromatic carbocycles. The number of Topliss-reactive ketones (excluding diaryl/α,β-unsaturated/α-hetero) is 1. The van der Waals surface area contributed by atoms with Crippen LogP contribution < -0.4 is 10.6 Å². The Hall–Kier alpha value is -3.79. The number of tetrazole rings is 1. The second-order valence-electron chi connectivity index (χ2n) is 7.74. The molecule has 1 aliphatic rings. The zero-order valence-electron chi connectivity index (χ0n) is 18.3. The maximum atomic E-state index is 13.0. The summed E-state index contributed by atoms with van der Waals surface area (Å²) in [5, 5.41) is 23.6. The smallest absolute Gasteiger partial charge is 0.326 e. The van der Waals surface area contributed by atoms with Gasteiger partial charge < -0.3 is 5.11 Å². The Labute approximate surface area is 202 Å². The molecule has 4 rings (SSSR count). The molecule has 3 heterocycles. The number of ketones is 1. The number of carboxylic acids is 1. The number of aliphatic carboxylic acids is 1. The number of urea groups is 1. The second kappa shape index (κ2) is 9.83. The molecule has 14 nitrogen and oxygen atoms in total. The number of nitrogens with zero attached hydrogens (tertiary/aromatic N) is 6. The Kier molecular flexibility index (Phi) is 6.83. The van der Waals surface area contributed by atoms with E-state index < -0.39 is 37.6 Å². The highest BCUT2D eigenvalue weighted by atomic mass is 32.2. The molecule has 0 spiro atoms. The first-order valence-electron chi connectivity index (χ1n) is 10.4. The van der Waals surface area contributed by atoms with E-state index in [4.69, 9.17) is 0 Å². The second-order valence-corrected chi connectivity index (χ2v) is 10.8. The van der Waals surface area contributed by atoms with Crippen molar-refractivity contribution in [2.24, 2.45) is 13.0 Å². The lowest BCUT2D eigenvalue weighted by Gasteiger charge is -2.12. The third-order valence-electron chi connectivity index (χ3n) is 5.30. The van der Waals surface area contributed by atoms with Gasteiger partial charge in [-0.25, -0.2) is 27.9 Å². The highest BCUT2D eigenvalue weighted by Gasteiger charge is 2.32. The molecule has 184 valence electrons. The average molecular weight is 521 g/mol. The molecule has 0 radical (unpaired) electrons. The topological polar surface area (TPSA) is 199 Å². The number of carboxylic acid groups (broad SMARTS) is 1. The molecule has 0 bridgehead atoms. The van der Waals surface area contributed by atoms with Crippen LogP contribution in [-0.4, -0.2) is 61.5 Å². The molecule has 0 atom stereocenters. The third-order valence-corrected chi connectivity index (χ3v) is 8.56. The van der Waals surface area contributed by atoms with Gasteiger partial charge in [-0.15, -0.1) is 0 Å².